The number of rotatable bonds is 4. The van der Waals surface area contributed by atoms with Gasteiger partial charge in [-0.1, -0.05) is 21.3 Å². The van der Waals surface area contributed by atoms with Gasteiger partial charge in [-0.05, 0) is 36.8 Å². The molecular formula is C15H26N2O. The van der Waals surface area contributed by atoms with E-state index in [1.54, 1.807) is 4.90 Å². The highest BCUT2D eigenvalue weighted by Crippen LogP contribution is 2.33. The fraction of sp³-hybridized carbons (Fsp3) is 0.667. The number of carbonyl (C=O) groups is 1. The first kappa shape index (κ1) is 14.8. The van der Waals surface area contributed by atoms with Gasteiger partial charge in [0.05, 0.1) is 0 Å². The fourth-order valence-electron chi connectivity index (χ4n) is 2.17. The summed E-state index contributed by atoms with van der Waals surface area (Å²) < 4.78 is 2.23. The van der Waals surface area contributed by atoms with Crippen molar-refractivity contribution in [2.75, 3.05) is 14.1 Å². The van der Waals surface area contributed by atoms with Crippen LogP contribution in [0.25, 0.3) is 0 Å². The molecule has 1 fully saturated rings. The quantitative estimate of drug-likeness (QED) is 0.804. The van der Waals surface area contributed by atoms with Crippen molar-refractivity contribution in [2.45, 2.75) is 46.6 Å². The fourth-order valence-corrected chi connectivity index (χ4v) is 2.17. The maximum absolute atomic E-state index is 12.1. The molecule has 1 amide bonds. The van der Waals surface area contributed by atoms with Gasteiger partial charge in [0.2, 0.25) is 0 Å². The molecular weight excluding hydrogens is 224 g/mol. The number of nitrogens with zero attached hydrogens (tertiary/aromatic N) is 2. The Hall–Kier alpha value is -1.25. The molecule has 18 heavy (non-hydrogen) atoms. The Bertz CT molecular complexity index is 414. The minimum absolute atomic E-state index is 0. The third-order valence-corrected chi connectivity index (χ3v) is 3.37. The second-order valence-electron chi connectivity index (χ2n) is 5.55. The van der Waals surface area contributed by atoms with Crippen molar-refractivity contribution in [1.82, 2.24) is 9.47 Å². The monoisotopic (exact) mass is 250 g/mol. The molecule has 1 aromatic rings. The molecule has 0 radical (unpaired) electrons. The van der Waals surface area contributed by atoms with Crippen molar-refractivity contribution in [2.24, 2.45) is 5.92 Å². The molecule has 1 aromatic heterocycles. The Kier molecular flexibility index (Phi) is 4.60. The Morgan fingerprint density at radius 3 is 2.44 bits per heavy atom. The number of aromatic nitrogens is 1. The van der Waals surface area contributed by atoms with E-state index < -0.39 is 0 Å². The number of hydrogen-bond acceptors (Lipinski definition) is 1. The van der Waals surface area contributed by atoms with Crippen LogP contribution in [0.15, 0.2) is 12.1 Å². The molecule has 0 spiro atoms. The Morgan fingerprint density at radius 1 is 1.39 bits per heavy atom. The topological polar surface area (TPSA) is 25.2 Å². The van der Waals surface area contributed by atoms with Crippen molar-refractivity contribution >= 4 is 5.91 Å². The lowest BCUT2D eigenvalue weighted by molar-refractivity contribution is 0.0816. The van der Waals surface area contributed by atoms with Crippen molar-refractivity contribution in [3.05, 3.63) is 23.5 Å². The molecule has 2 rings (SSSR count). The highest BCUT2D eigenvalue weighted by atomic mass is 16.2. The van der Waals surface area contributed by atoms with Gasteiger partial charge in [-0.15, -0.1) is 0 Å². The maximum atomic E-state index is 12.1. The lowest BCUT2D eigenvalue weighted by atomic mass is 10.1. The van der Waals surface area contributed by atoms with Crippen LogP contribution < -0.4 is 0 Å². The standard InChI is InChI=1S/C14H22N2O.CH4/c1-10(2)12-7-8-13(14(17)15(3)4)16(12)9-11-5-6-11;/h7-8,10-11H,5-6,9H2,1-4H3;1H4. The molecule has 0 aliphatic heterocycles. The number of hydrogen-bond donors (Lipinski definition) is 0. The van der Waals surface area contributed by atoms with Crippen LogP contribution in [0.3, 0.4) is 0 Å². The van der Waals surface area contributed by atoms with Crippen LogP contribution >= 0.6 is 0 Å². The molecule has 0 aromatic carbocycles. The summed E-state index contributed by atoms with van der Waals surface area (Å²) in [4.78, 5) is 13.8. The Labute approximate surface area is 111 Å². The minimum atomic E-state index is 0. The molecule has 1 heterocycles. The summed E-state index contributed by atoms with van der Waals surface area (Å²) in [6.45, 7) is 5.38. The number of amides is 1. The summed E-state index contributed by atoms with van der Waals surface area (Å²) in [5.41, 5.74) is 2.12. The van der Waals surface area contributed by atoms with Crippen LogP contribution in [0.2, 0.25) is 0 Å². The van der Waals surface area contributed by atoms with Crippen molar-refractivity contribution in [3.8, 4) is 0 Å². The molecule has 1 aliphatic carbocycles. The van der Waals surface area contributed by atoms with Gasteiger partial charge in [0.15, 0.2) is 0 Å². The van der Waals surface area contributed by atoms with Gasteiger partial charge in [0, 0.05) is 26.3 Å². The second-order valence-corrected chi connectivity index (χ2v) is 5.55. The van der Waals surface area contributed by atoms with Crippen LogP contribution in [0, 0.1) is 5.92 Å². The third-order valence-electron chi connectivity index (χ3n) is 3.37. The lowest BCUT2D eigenvalue weighted by Gasteiger charge is -2.17. The maximum Gasteiger partial charge on any atom is 0.269 e. The van der Waals surface area contributed by atoms with Gasteiger partial charge >= 0.3 is 0 Å². The van der Waals surface area contributed by atoms with E-state index in [1.807, 2.05) is 20.2 Å². The zero-order valence-corrected chi connectivity index (χ0v) is 11.2. The Balaban J connectivity index is 0.00000162. The average Bonchev–Trinajstić information content (AvgIpc) is 2.95. The molecule has 0 N–H and O–H groups in total. The second kappa shape index (κ2) is 5.59. The highest BCUT2D eigenvalue weighted by Gasteiger charge is 2.26. The molecule has 102 valence electrons. The molecule has 3 nitrogen and oxygen atoms in total. The van der Waals surface area contributed by atoms with Crippen LogP contribution in [0.1, 0.15) is 56.2 Å². The Morgan fingerprint density at radius 2 is 2.00 bits per heavy atom. The van der Waals surface area contributed by atoms with Crippen LogP contribution in [-0.4, -0.2) is 29.5 Å². The van der Waals surface area contributed by atoms with E-state index in [0.717, 1.165) is 18.2 Å². The summed E-state index contributed by atoms with van der Waals surface area (Å²) in [5.74, 6) is 1.36. The summed E-state index contributed by atoms with van der Waals surface area (Å²) in [7, 11) is 3.62. The third kappa shape index (κ3) is 2.95. The molecule has 1 aliphatic rings. The minimum Gasteiger partial charge on any atom is -0.343 e. The molecule has 0 atom stereocenters. The summed E-state index contributed by atoms with van der Waals surface area (Å²) >= 11 is 0. The van der Waals surface area contributed by atoms with Crippen LogP contribution in [0.5, 0.6) is 0 Å². The molecule has 0 bridgehead atoms. The van der Waals surface area contributed by atoms with E-state index in [0.29, 0.717) is 5.92 Å². The van der Waals surface area contributed by atoms with E-state index in [1.165, 1.54) is 18.5 Å². The molecule has 0 unspecified atom stereocenters. The number of carbonyl (C=O) groups excluding carboxylic acids is 1. The van der Waals surface area contributed by atoms with Crippen LogP contribution in [-0.2, 0) is 6.54 Å². The van der Waals surface area contributed by atoms with Crippen molar-refractivity contribution in [1.29, 1.82) is 0 Å². The molecule has 1 saturated carbocycles. The smallest absolute Gasteiger partial charge is 0.269 e. The van der Waals surface area contributed by atoms with Gasteiger partial charge in [-0.2, -0.15) is 0 Å². The van der Waals surface area contributed by atoms with Crippen molar-refractivity contribution in [3.63, 3.8) is 0 Å². The van der Waals surface area contributed by atoms with Crippen molar-refractivity contribution < 1.29 is 4.79 Å². The van der Waals surface area contributed by atoms with Gasteiger partial charge < -0.3 is 9.47 Å². The zero-order valence-electron chi connectivity index (χ0n) is 11.2. The van der Waals surface area contributed by atoms with E-state index in [9.17, 15) is 4.79 Å². The van der Waals surface area contributed by atoms with E-state index in [4.69, 9.17) is 0 Å². The summed E-state index contributed by atoms with van der Waals surface area (Å²) in [6.07, 6.45) is 2.62. The predicted molar refractivity (Wildman–Crippen MR) is 76.0 cm³/mol. The summed E-state index contributed by atoms with van der Waals surface area (Å²) in [5, 5.41) is 0. The highest BCUT2D eigenvalue weighted by molar-refractivity contribution is 5.92. The van der Waals surface area contributed by atoms with E-state index in [-0.39, 0.29) is 13.3 Å². The van der Waals surface area contributed by atoms with Gasteiger partial charge in [0.1, 0.15) is 5.69 Å². The van der Waals surface area contributed by atoms with E-state index in [2.05, 4.69) is 24.5 Å². The molecule has 3 heteroatoms. The van der Waals surface area contributed by atoms with Gasteiger partial charge in [0.25, 0.3) is 5.91 Å². The SMILES string of the molecule is C.CC(C)c1ccc(C(=O)N(C)C)n1CC1CC1. The normalized spacial score (nSPS) is 14.5. The first-order chi connectivity index (χ1) is 8.00. The average molecular weight is 250 g/mol. The van der Waals surface area contributed by atoms with Gasteiger partial charge in [-0.25, -0.2) is 0 Å². The largest absolute Gasteiger partial charge is 0.343 e. The van der Waals surface area contributed by atoms with E-state index >= 15 is 0 Å². The summed E-state index contributed by atoms with van der Waals surface area (Å²) in [6, 6.07) is 4.07. The zero-order chi connectivity index (χ0) is 12.6. The van der Waals surface area contributed by atoms with Gasteiger partial charge in [-0.3, -0.25) is 4.79 Å². The first-order valence-electron chi connectivity index (χ1n) is 6.41. The lowest BCUT2D eigenvalue weighted by Crippen LogP contribution is -2.25. The predicted octanol–water partition coefficient (Wildman–Crippen LogP) is 3.36. The first-order valence-corrected chi connectivity index (χ1v) is 6.41. The van der Waals surface area contributed by atoms with Crippen LogP contribution in [0.4, 0.5) is 0 Å². The molecule has 0 saturated heterocycles.